The molecule has 2 N–H and O–H groups in total. The second-order valence-corrected chi connectivity index (χ2v) is 4.67. The van der Waals surface area contributed by atoms with E-state index >= 15 is 0 Å². The summed E-state index contributed by atoms with van der Waals surface area (Å²) in [6, 6.07) is 0. The molecule has 3 heteroatoms. The van der Waals surface area contributed by atoms with Crippen molar-refractivity contribution in [2.45, 2.75) is 63.9 Å². The van der Waals surface area contributed by atoms with Gasteiger partial charge in [0.2, 0.25) is 0 Å². The SMILES string of the molecule is O=C(O)CCCCC[C@H]1CC[C@H](O)CC1. The first-order valence-electron chi connectivity index (χ1n) is 6.08. The van der Waals surface area contributed by atoms with E-state index in [0.717, 1.165) is 50.9 Å². The molecule has 1 aliphatic rings. The molecule has 0 aromatic carbocycles. The number of aliphatic carboxylic acids is 1. The molecule has 0 amide bonds. The summed E-state index contributed by atoms with van der Waals surface area (Å²) < 4.78 is 0. The van der Waals surface area contributed by atoms with E-state index in [1.807, 2.05) is 0 Å². The van der Waals surface area contributed by atoms with Crippen LogP contribution in [0.25, 0.3) is 0 Å². The van der Waals surface area contributed by atoms with Crippen molar-refractivity contribution in [3.8, 4) is 0 Å². The van der Waals surface area contributed by atoms with Crippen molar-refractivity contribution < 1.29 is 15.0 Å². The summed E-state index contributed by atoms with van der Waals surface area (Å²) in [6.07, 6.45) is 8.67. The van der Waals surface area contributed by atoms with Gasteiger partial charge in [0.15, 0.2) is 0 Å². The Morgan fingerprint density at radius 1 is 1.07 bits per heavy atom. The van der Waals surface area contributed by atoms with E-state index in [4.69, 9.17) is 5.11 Å². The highest BCUT2D eigenvalue weighted by atomic mass is 16.4. The maximum atomic E-state index is 10.3. The number of rotatable bonds is 6. The van der Waals surface area contributed by atoms with Crippen LogP contribution in [0.4, 0.5) is 0 Å². The zero-order valence-corrected chi connectivity index (χ0v) is 9.32. The average molecular weight is 214 g/mol. The van der Waals surface area contributed by atoms with Gasteiger partial charge in [-0.05, 0) is 38.0 Å². The van der Waals surface area contributed by atoms with Crippen LogP contribution in [0, 0.1) is 5.92 Å². The summed E-state index contributed by atoms with van der Waals surface area (Å²) in [7, 11) is 0. The minimum Gasteiger partial charge on any atom is -0.481 e. The molecule has 15 heavy (non-hydrogen) atoms. The summed E-state index contributed by atoms with van der Waals surface area (Å²) in [4.78, 5) is 10.3. The van der Waals surface area contributed by atoms with Crippen molar-refractivity contribution in [2.24, 2.45) is 5.92 Å². The van der Waals surface area contributed by atoms with Gasteiger partial charge in [-0.3, -0.25) is 4.79 Å². The Hall–Kier alpha value is -0.570. The molecule has 1 fully saturated rings. The van der Waals surface area contributed by atoms with Gasteiger partial charge >= 0.3 is 5.97 Å². The normalized spacial score (nSPS) is 26.5. The lowest BCUT2D eigenvalue weighted by atomic mass is 9.84. The predicted octanol–water partition coefficient (Wildman–Crippen LogP) is 2.57. The lowest BCUT2D eigenvalue weighted by Crippen LogP contribution is -2.18. The van der Waals surface area contributed by atoms with Gasteiger partial charge in [-0.25, -0.2) is 0 Å². The molecule has 1 saturated carbocycles. The molecule has 0 heterocycles. The molecule has 0 saturated heterocycles. The highest BCUT2D eigenvalue weighted by molar-refractivity contribution is 5.66. The Bertz CT molecular complexity index is 183. The fourth-order valence-corrected chi connectivity index (χ4v) is 2.32. The van der Waals surface area contributed by atoms with E-state index in [9.17, 15) is 9.90 Å². The maximum Gasteiger partial charge on any atom is 0.303 e. The van der Waals surface area contributed by atoms with E-state index < -0.39 is 5.97 Å². The fraction of sp³-hybridized carbons (Fsp3) is 0.917. The first kappa shape index (κ1) is 12.5. The van der Waals surface area contributed by atoms with Crippen molar-refractivity contribution in [3.05, 3.63) is 0 Å². The minimum atomic E-state index is -0.684. The van der Waals surface area contributed by atoms with Crippen LogP contribution in [0.2, 0.25) is 0 Å². The molecule has 3 nitrogen and oxygen atoms in total. The minimum absolute atomic E-state index is 0.0618. The lowest BCUT2D eigenvalue weighted by Gasteiger charge is -2.25. The van der Waals surface area contributed by atoms with Crippen LogP contribution >= 0.6 is 0 Å². The first-order valence-corrected chi connectivity index (χ1v) is 6.08. The van der Waals surface area contributed by atoms with Crippen LogP contribution in [0.5, 0.6) is 0 Å². The second kappa shape index (κ2) is 6.83. The molecule has 0 aliphatic heterocycles. The molecule has 0 spiro atoms. The molecule has 0 radical (unpaired) electrons. The highest BCUT2D eigenvalue weighted by Crippen LogP contribution is 2.28. The zero-order chi connectivity index (χ0) is 11.1. The number of carbonyl (C=O) groups is 1. The number of hydrogen-bond donors (Lipinski definition) is 2. The zero-order valence-electron chi connectivity index (χ0n) is 9.32. The van der Waals surface area contributed by atoms with Crippen molar-refractivity contribution >= 4 is 5.97 Å². The molecule has 0 atom stereocenters. The molecule has 0 unspecified atom stereocenters. The number of carboxylic acids is 1. The van der Waals surface area contributed by atoms with Gasteiger partial charge in [-0.15, -0.1) is 0 Å². The van der Waals surface area contributed by atoms with Gasteiger partial charge in [0.1, 0.15) is 0 Å². The third-order valence-electron chi connectivity index (χ3n) is 3.32. The van der Waals surface area contributed by atoms with E-state index in [2.05, 4.69) is 0 Å². The van der Waals surface area contributed by atoms with E-state index in [1.165, 1.54) is 6.42 Å². The van der Waals surface area contributed by atoms with Crippen molar-refractivity contribution in [3.63, 3.8) is 0 Å². The topological polar surface area (TPSA) is 57.5 Å². The summed E-state index contributed by atoms with van der Waals surface area (Å²) >= 11 is 0. The fourth-order valence-electron chi connectivity index (χ4n) is 2.32. The summed E-state index contributed by atoms with van der Waals surface area (Å²) in [5.74, 6) is 0.0917. The number of hydrogen-bond acceptors (Lipinski definition) is 2. The van der Waals surface area contributed by atoms with Gasteiger partial charge in [-0.2, -0.15) is 0 Å². The molecule has 0 bridgehead atoms. The van der Waals surface area contributed by atoms with Gasteiger partial charge < -0.3 is 10.2 Å². The Kier molecular flexibility index (Phi) is 5.69. The van der Waals surface area contributed by atoms with E-state index in [0.29, 0.717) is 6.42 Å². The summed E-state index contributed by atoms with van der Waals surface area (Å²) in [5, 5.41) is 17.8. The van der Waals surface area contributed by atoms with Crippen molar-refractivity contribution in [1.29, 1.82) is 0 Å². The Morgan fingerprint density at radius 2 is 1.73 bits per heavy atom. The summed E-state index contributed by atoms with van der Waals surface area (Å²) in [5.41, 5.74) is 0. The lowest BCUT2D eigenvalue weighted by molar-refractivity contribution is -0.137. The highest BCUT2D eigenvalue weighted by Gasteiger charge is 2.18. The van der Waals surface area contributed by atoms with Crippen molar-refractivity contribution in [2.75, 3.05) is 0 Å². The second-order valence-electron chi connectivity index (χ2n) is 4.67. The third-order valence-corrected chi connectivity index (χ3v) is 3.32. The first-order chi connectivity index (χ1) is 7.18. The van der Waals surface area contributed by atoms with Crippen LogP contribution in [0.3, 0.4) is 0 Å². The number of aliphatic hydroxyl groups excluding tert-OH is 1. The van der Waals surface area contributed by atoms with Crippen LogP contribution in [-0.2, 0) is 4.79 Å². The smallest absolute Gasteiger partial charge is 0.303 e. The van der Waals surface area contributed by atoms with Crippen LogP contribution in [-0.4, -0.2) is 22.3 Å². The molecule has 0 aromatic rings. The van der Waals surface area contributed by atoms with Crippen LogP contribution < -0.4 is 0 Å². The number of unbranched alkanes of at least 4 members (excludes halogenated alkanes) is 2. The average Bonchev–Trinajstić information content (AvgIpc) is 2.20. The van der Waals surface area contributed by atoms with Crippen molar-refractivity contribution in [1.82, 2.24) is 0 Å². The van der Waals surface area contributed by atoms with Gasteiger partial charge in [0.25, 0.3) is 0 Å². The Balaban J connectivity index is 1.94. The Labute approximate surface area is 91.5 Å². The molecule has 1 aliphatic carbocycles. The monoisotopic (exact) mass is 214 g/mol. The predicted molar refractivity (Wildman–Crippen MR) is 58.7 cm³/mol. The maximum absolute atomic E-state index is 10.3. The molecule has 1 rings (SSSR count). The van der Waals surface area contributed by atoms with Crippen LogP contribution in [0.15, 0.2) is 0 Å². The largest absolute Gasteiger partial charge is 0.481 e. The number of carboxylic acid groups (broad SMARTS) is 1. The van der Waals surface area contributed by atoms with Crippen LogP contribution in [0.1, 0.15) is 57.8 Å². The van der Waals surface area contributed by atoms with Gasteiger partial charge in [-0.1, -0.05) is 19.3 Å². The van der Waals surface area contributed by atoms with Gasteiger partial charge in [0, 0.05) is 6.42 Å². The summed E-state index contributed by atoms with van der Waals surface area (Å²) in [6.45, 7) is 0. The number of aliphatic hydroxyl groups is 1. The molecule has 88 valence electrons. The Morgan fingerprint density at radius 3 is 2.33 bits per heavy atom. The van der Waals surface area contributed by atoms with E-state index in [1.54, 1.807) is 0 Å². The van der Waals surface area contributed by atoms with Gasteiger partial charge in [0.05, 0.1) is 6.10 Å². The standard InChI is InChI=1S/C12H22O3/c13-11-8-6-10(7-9-11)4-2-1-3-5-12(14)15/h10-11,13H,1-9H2,(H,14,15)/t10-,11-. The quantitative estimate of drug-likeness (QED) is 0.668. The molecular weight excluding hydrogens is 192 g/mol. The van der Waals surface area contributed by atoms with E-state index in [-0.39, 0.29) is 6.10 Å². The molecule has 0 aromatic heterocycles. The molecular formula is C12H22O3. The third kappa shape index (κ3) is 5.78.